The van der Waals surface area contributed by atoms with E-state index in [1.54, 1.807) is 19.0 Å². The SMILES string of the molecule is CN(C)C(=O)c1cccc(NCc2cccn2C)c1. The average Bonchev–Trinajstić information content (AvgIpc) is 2.81. The smallest absolute Gasteiger partial charge is 0.253 e. The zero-order valence-corrected chi connectivity index (χ0v) is 11.6. The molecule has 0 aliphatic heterocycles. The van der Waals surface area contributed by atoms with E-state index in [4.69, 9.17) is 0 Å². The number of aromatic nitrogens is 1. The lowest BCUT2D eigenvalue weighted by Crippen LogP contribution is -2.21. The van der Waals surface area contributed by atoms with Crippen molar-refractivity contribution in [3.05, 3.63) is 53.9 Å². The molecule has 4 heteroatoms. The number of aryl methyl sites for hydroxylation is 1. The fourth-order valence-electron chi connectivity index (χ4n) is 1.89. The number of carbonyl (C=O) groups excluding carboxylic acids is 1. The van der Waals surface area contributed by atoms with Crippen LogP contribution in [0.1, 0.15) is 16.1 Å². The molecule has 19 heavy (non-hydrogen) atoms. The third-order valence-corrected chi connectivity index (χ3v) is 3.04. The molecule has 0 saturated heterocycles. The third kappa shape index (κ3) is 3.16. The third-order valence-electron chi connectivity index (χ3n) is 3.04. The van der Waals surface area contributed by atoms with E-state index < -0.39 is 0 Å². The van der Waals surface area contributed by atoms with E-state index in [-0.39, 0.29) is 5.91 Å². The molecule has 0 radical (unpaired) electrons. The lowest BCUT2D eigenvalue weighted by molar-refractivity contribution is 0.0827. The Labute approximate surface area is 113 Å². The molecule has 0 fully saturated rings. The summed E-state index contributed by atoms with van der Waals surface area (Å²) < 4.78 is 2.07. The molecule has 0 aliphatic carbocycles. The van der Waals surface area contributed by atoms with Crippen LogP contribution in [0.5, 0.6) is 0 Å². The Bertz CT molecular complexity index is 572. The molecule has 0 aliphatic rings. The summed E-state index contributed by atoms with van der Waals surface area (Å²) in [7, 11) is 5.53. The molecule has 0 saturated carbocycles. The van der Waals surface area contributed by atoms with Crippen molar-refractivity contribution in [1.29, 1.82) is 0 Å². The van der Waals surface area contributed by atoms with Crippen LogP contribution in [-0.4, -0.2) is 29.5 Å². The second kappa shape index (κ2) is 5.61. The Morgan fingerprint density at radius 1 is 1.26 bits per heavy atom. The zero-order chi connectivity index (χ0) is 13.8. The van der Waals surface area contributed by atoms with Gasteiger partial charge in [0.25, 0.3) is 5.91 Å². The molecular weight excluding hydrogens is 238 g/mol. The average molecular weight is 257 g/mol. The van der Waals surface area contributed by atoms with Gasteiger partial charge in [0.2, 0.25) is 0 Å². The van der Waals surface area contributed by atoms with E-state index in [0.717, 1.165) is 12.2 Å². The van der Waals surface area contributed by atoms with Crippen LogP contribution < -0.4 is 5.32 Å². The van der Waals surface area contributed by atoms with E-state index >= 15 is 0 Å². The molecule has 2 aromatic rings. The molecule has 0 atom stereocenters. The first kappa shape index (κ1) is 13.2. The predicted octanol–water partition coefficient (Wildman–Crippen LogP) is 2.34. The normalized spacial score (nSPS) is 10.3. The maximum Gasteiger partial charge on any atom is 0.253 e. The molecule has 0 spiro atoms. The number of nitrogens with one attached hydrogen (secondary N) is 1. The topological polar surface area (TPSA) is 37.3 Å². The summed E-state index contributed by atoms with van der Waals surface area (Å²) in [5.74, 6) is 0.0162. The highest BCUT2D eigenvalue weighted by Gasteiger charge is 2.08. The van der Waals surface area contributed by atoms with Gasteiger partial charge in [-0.25, -0.2) is 0 Å². The highest BCUT2D eigenvalue weighted by molar-refractivity contribution is 5.94. The highest BCUT2D eigenvalue weighted by atomic mass is 16.2. The number of carbonyl (C=O) groups is 1. The van der Waals surface area contributed by atoms with Crippen molar-refractivity contribution >= 4 is 11.6 Å². The number of hydrogen-bond acceptors (Lipinski definition) is 2. The number of benzene rings is 1. The minimum Gasteiger partial charge on any atom is -0.379 e. The Hall–Kier alpha value is -2.23. The fourth-order valence-corrected chi connectivity index (χ4v) is 1.89. The van der Waals surface area contributed by atoms with Gasteiger partial charge in [0.05, 0.1) is 6.54 Å². The molecule has 1 amide bonds. The van der Waals surface area contributed by atoms with Gasteiger partial charge in [0.1, 0.15) is 0 Å². The van der Waals surface area contributed by atoms with Crippen LogP contribution in [0, 0.1) is 0 Å². The monoisotopic (exact) mass is 257 g/mol. The zero-order valence-electron chi connectivity index (χ0n) is 11.6. The second-order valence-electron chi connectivity index (χ2n) is 4.74. The molecule has 100 valence electrons. The van der Waals surface area contributed by atoms with Gasteiger partial charge in [0.15, 0.2) is 0 Å². The number of anilines is 1. The standard InChI is InChI=1S/C15H19N3O/c1-17(2)15(19)12-6-4-7-13(10-12)16-11-14-8-5-9-18(14)3/h4-10,16H,11H2,1-3H3. The predicted molar refractivity (Wildman–Crippen MR) is 77.2 cm³/mol. The summed E-state index contributed by atoms with van der Waals surface area (Å²) in [6.45, 7) is 0.739. The minimum atomic E-state index is 0.0162. The van der Waals surface area contributed by atoms with Gasteiger partial charge in [-0.3, -0.25) is 4.79 Å². The Kier molecular flexibility index (Phi) is 3.90. The van der Waals surface area contributed by atoms with E-state index in [1.165, 1.54) is 5.69 Å². The molecule has 0 unspecified atom stereocenters. The largest absolute Gasteiger partial charge is 0.379 e. The maximum absolute atomic E-state index is 11.9. The van der Waals surface area contributed by atoms with Crippen LogP contribution in [0.25, 0.3) is 0 Å². The van der Waals surface area contributed by atoms with Gasteiger partial charge in [-0.05, 0) is 30.3 Å². The van der Waals surface area contributed by atoms with Crippen LogP contribution in [-0.2, 0) is 13.6 Å². The van der Waals surface area contributed by atoms with E-state index in [1.807, 2.05) is 43.6 Å². The van der Waals surface area contributed by atoms with Crippen molar-refractivity contribution in [2.24, 2.45) is 7.05 Å². The van der Waals surface area contributed by atoms with Crippen molar-refractivity contribution in [2.75, 3.05) is 19.4 Å². The number of amides is 1. The molecule has 1 aromatic heterocycles. The molecule has 1 aromatic carbocycles. The van der Waals surface area contributed by atoms with Gasteiger partial charge < -0.3 is 14.8 Å². The lowest BCUT2D eigenvalue weighted by Gasteiger charge is -2.12. The van der Waals surface area contributed by atoms with Crippen LogP contribution in [0.2, 0.25) is 0 Å². The van der Waals surface area contributed by atoms with Crippen LogP contribution in [0.4, 0.5) is 5.69 Å². The maximum atomic E-state index is 11.9. The van der Waals surface area contributed by atoms with Gasteiger partial charge in [-0.1, -0.05) is 6.07 Å². The lowest BCUT2D eigenvalue weighted by atomic mass is 10.2. The summed E-state index contributed by atoms with van der Waals surface area (Å²) in [5, 5.41) is 3.33. The molecule has 2 rings (SSSR count). The molecule has 0 bridgehead atoms. The Morgan fingerprint density at radius 2 is 2.05 bits per heavy atom. The quantitative estimate of drug-likeness (QED) is 0.913. The minimum absolute atomic E-state index is 0.0162. The fraction of sp³-hybridized carbons (Fsp3) is 0.267. The van der Waals surface area contributed by atoms with Crippen molar-refractivity contribution in [2.45, 2.75) is 6.54 Å². The van der Waals surface area contributed by atoms with Crippen LogP contribution in [0.3, 0.4) is 0 Å². The number of hydrogen-bond donors (Lipinski definition) is 1. The summed E-state index contributed by atoms with van der Waals surface area (Å²) in [6.07, 6.45) is 2.02. The first-order valence-electron chi connectivity index (χ1n) is 6.23. The molecular formula is C15H19N3O. The van der Waals surface area contributed by atoms with Gasteiger partial charge in [-0.15, -0.1) is 0 Å². The van der Waals surface area contributed by atoms with Crippen molar-refractivity contribution in [3.8, 4) is 0 Å². The molecule has 1 heterocycles. The van der Waals surface area contributed by atoms with Crippen LogP contribution >= 0.6 is 0 Å². The van der Waals surface area contributed by atoms with Crippen LogP contribution in [0.15, 0.2) is 42.6 Å². The highest BCUT2D eigenvalue weighted by Crippen LogP contribution is 2.13. The van der Waals surface area contributed by atoms with E-state index in [0.29, 0.717) is 5.56 Å². The van der Waals surface area contributed by atoms with Crippen molar-refractivity contribution in [3.63, 3.8) is 0 Å². The molecule has 4 nitrogen and oxygen atoms in total. The summed E-state index contributed by atoms with van der Waals surface area (Å²) in [6, 6.07) is 11.7. The summed E-state index contributed by atoms with van der Waals surface area (Å²) >= 11 is 0. The molecule has 1 N–H and O–H groups in total. The van der Waals surface area contributed by atoms with Crippen molar-refractivity contribution < 1.29 is 4.79 Å². The summed E-state index contributed by atoms with van der Waals surface area (Å²) in [5.41, 5.74) is 2.85. The van der Waals surface area contributed by atoms with E-state index in [2.05, 4.69) is 16.0 Å². The number of nitrogens with zero attached hydrogens (tertiary/aromatic N) is 2. The van der Waals surface area contributed by atoms with Gasteiger partial charge >= 0.3 is 0 Å². The van der Waals surface area contributed by atoms with E-state index in [9.17, 15) is 4.79 Å². The van der Waals surface area contributed by atoms with Gasteiger partial charge in [0, 0.05) is 44.3 Å². The second-order valence-corrected chi connectivity index (χ2v) is 4.74. The Balaban J connectivity index is 2.07. The van der Waals surface area contributed by atoms with Gasteiger partial charge in [-0.2, -0.15) is 0 Å². The number of rotatable bonds is 4. The van der Waals surface area contributed by atoms with Crippen molar-refractivity contribution in [1.82, 2.24) is 9.47 Å². The first-order chi connectivity index (χ1) is 9.08. The Morgan fingerprint density at radius 3 is 2.68 bits per heavy atom. The first-order valence-corrected chi connectivity index (χ1v) is 6.23. The summed E-state index contributed by atoms with van der Waals surface area (Å²) in [4.78, 5) is 13.5.